The molecule has 0 aromatic heterocycles. The molecule has 7 nitrogen and oxygen atoms in total. The highest BCUT2D eigenvalue weighted by Crippen LogP contribution is 2.41. The van der Waals surface area contributed by atoms with Gasteiger partial charge in [0.15, 0.2) is 0 Å². The van der Waals surface area contributed by atoms with E-state index in [1.54, 1.807) is 0 Å². The van der Waals surface area contributed by atoms with Crippen molar-refractivity contribution in [3.63, 3.8) is 0 Å². The van der Waals surface area contributed by atoms with E-state index < -0.39 is 30.6 Å². The number of aliphatic hydroxyl groups excluding tert-OH is 2. The van der Waals surface area contributed by atoms with Gasteiger partial charge in [0, 0.05) is 23.2 Å². The lowest BCUT2D eigenvalue weighted by atomic mass is 9.92. The summed E-state index contributed by atoms with van der Waals surface area (Å²) in [5.74, 6) is 0.314. The maximum absolute atomic E-state index is 10.8. The Hall–Kier alpha value is -1.06. The van der Waals surface area contributed by atoms with E-state index in [1.807, 2.05) is 18.2 Å². The van der Waals surface area contributed by atoms with Gasteiger partial charge in [-0.2, -0.15) is 0 Å². The minimum Gasteiger partial charge on any atom is -0.387 e. The van der Waals surface area contributed by atoms with E-state index >= 15 is 0 Å². The zero-order valence-electron chi connectivity index (χ0n) is 15.8. The molecule has 2 fully saturated rings. The average molecular weight is 408 g/mol. The van der Waals surface area contributed by atoms with Gasteiger partial charge in [0.1, 0.15) is 30.6 Å². The molecule has 1 aromatic rings. The lowest BCUT2D eigenvalue weighted by Crippen LogP contribution is -2.55. The van der Waals surface area contributed by atoms with Crippen molar-refractivity contribution >= 4 is 17.3 Å². The maximum Gasteiger partial charge on any atom is 0.141 e. The molecular weight excluding hydrogens is 382 g/mol. The van der Waals surface area contributed by atoms with Gasteiger partial charge >= 0.3 is 0 Å². The predicted octanol–water partition coefficient (Wildman–Crippen LogP) is 1.07. The first-order valence-corrected chi connectivity index (χ1v) is 10.3. The number of halogens is 1. The van der Waals surface area contributed by atoms with Crippen LogP contribution in [-0.4, -0.2) is 71.4 Å². The number of nitrogens with one attached hydrogen (secondary N) is 1. The Morgan fingerprint density at radius 3 is 3.00 bits per heavy atom. The molecule has 0 bridgehead atoms. The van der Waals surface area contributed by atoms with Crippen molar-refractivity contribution in [2.75, 3.05) is 19.8 Å². The second-order valence-corrected chi connectivity index (χ2v) is 8.53. The highest BCUT2D eigenvalue weighted by Gasteiger charge is 2.53. The fraction of sp³-hybridized carbons (Fsp3) is 0.650. The van der Waals surface area contributed by atoms with E-state index in [0.717, 1.165) is 36.2 Å². The molecule has 2 saturated heterocycles. The minimum atomic E-state index is -1.02. The molecule has 0 amide bonds. The number of aliphatic imine (C=N–C) groups is 1. The zero-order valence-corrected chi connectivity index (χ0v) is 16.5. The number of fused-ring (bicyclic) bond motifs is 2. The SMILES string of the molecule is CC1=NCNC2C1CCN2[C@@H]1O[C@H]([C@H]2OCCc3cc(Cl)ccc32)[C@@H](O)[C@H]1O. The number of benzene rings is 1. The van der Waals surface area contributed by atoms with Gasteiger partial charge in [-0.15, -0.1) is 0 Å². The molecule has 4 aliphatic rings. The molecule has 8 heteroatoms. The van der Waals surface area contributed by atoms with Crippen LogP contribution in [0.15, 0.2) is 23.2 Å². The third-order valence-corrected chi connectivity index (χ3v) is 6.82. The molecule has 2 unspecified atom stereocenters. The van der Waals surface area contributed by atoms with Crippen molar-refractivity contribution in [2.24, 2.45) is 10.9 Å². The number of hydrogen-bond acceptors (Lipinski definition) is 7. The first-order chi connectivity index (χ1) is 13.5. The largest absolute Gasteiger partial charge is 0.387 e. The van der Waals surface area contributed by atoms with E-state index in [4.69, 9.17) is 21.1 Å². The lowest BCUT2D eigenvalue weighted by molar-refractivity contribution is -0.139. The topological polar surface area (TPSA) is 86.6 Å². The Morgan fingerprint density at radius 2 is 2.14 bits per heavy atom. The Balaban J connectivity index is 1.39. The number of aliphatic hydroxyl groups is 2. The standard InChI is InChI=1S/C20H26ClN3O4/c1-10-13-4-6-24(19(13)23-9-22-10)20-16(26)15(25)18(28-20)17-14-3-2-12(21)8-11(14)5-7-27-17/h2-3,8,13,15-20,23,25-26H,4-7,9H2,1H3/t13?,15-,16+,17-,18-,19?,20+/m0/s1. The van der Waals surface area contributed by atoms with E-state index in [-0.39, 0.29) is 6.17 Å². The van der Waals surface area contributed by atoms with Crippen LogP contribution in [0.4, 0.5) is 0 Å². The molecule has 0 aliphatic carbocycles. The van der Waals surface area contributed by atoms with Crippen molar-refractivity contribution < 1.29 is 19.7 Å². The van der Waals surface area contributed by atoms with Crippen LogP contribution in [0.2, 0.25) is 5.02 Å². The Morgan fingerprint density at radius 1 is 1.29 bits per heavy atom. The van der Waals surface area contributed by atoms with Crippen LogP contribution in [0.3, 0.4) is 0 Å². The Labute approximate surface area is 169 Å². The monoisotopic (exact) mass is 407 g/mol. The average Bonchev–Trinajstić information content (AvgIpc) is 3.24. The normalized spacial score (nSPS) is 40.9. The quantitative estimate of drug-likeness (QED) is 0.680. The maximum atomic E-state index is 10.8. The van der Waals surface area contributed by atoms with E-state index in [2.05, 4.69) is 22.1 Å². The van der Waals surface area contributed by atoms with Gasteiger partial charge < -0.3 is 19.7 Å². The molecule has 5 rings (SSSR count). The van der Waals surface area contributed by atoms with Crippen LogP contribution in [0.5, 0.6) is 0 Å². The van der Waals surface area contributed by atoms with Gasteiger partial charge in [-0.1, -0.05) is 17.7 Å². The molecule has 4 heterocycles. The molecular formula is C20H26ClN3O4. The summed E-state index contributed by atoms with van der Waals surface area (Å²) in [4.78, 5) is 6.61. The molecule has 7 atom stereocenters. The number of likely N-dealkylation sites (tertiary alicyclic amines) is 1. The summed E-state index contributed by atoms with van der Waals surface area (Å²) < 4.78 is 12.3. The highest BCUT2D eigenvalue weighted by atomic mass is 35.5. The second-order valence-electron chi connectivity index (χ2n) is 8.10. The van der Waals surface area contributed by atoms with Crippen LogP contribution >= 0.6 is 11.6 Å². The molecule has 1 aromatic carbocycles. The molecule has 152 valence electrons. The summed E-state index contributed by atoms with van der Waals surface area (Å²) in [5.41, 5.74) is 3.22. The van der Waals surface area contributed by atoms with Gasteiger partial charge in [0.05, 0.1) is 19.4 Å². The van der Waals surface area contributed by atoms with Gasteiger partial charge in [-0.25, -0.2) is 0 Å². The fourth-order valence-electron chi connectivity index (χ4n) is 5.12. The van der Waals surface area contributed by atoms with Gasteiger partial charge in [-0.05, 0) is 43.0 Å². The summed E-state index contributed by atoms with van der Waals surface area (Å²) in [5, 5.41) is 25.7. The summed E-state index contributed by atoms with van der Waals surface area (Å²) in [6.45, 7) is 3.95. The van der Waals surface area contributed by atoms with E-state index in [1.165, 1.54) is 0 Å². The van der Waals surface area contributed by atoms with Crippen molar-refractivity contribution in [3.05, 3.63) is 34.3 Å². The molecule has 4 aliphatic heterocycles. The minimum absolute atomic E-state index is 0.0708. The number of ether oxygens (including phenoxy) is 2. The van der Waals surface area contributed by atoms with E-state index in [9.17, 15) is 10.2 Å². The molecule has 0 radical (unpaired) electrons. The van der Waals surface area contributed by atoms with Crippen LogP contribution < -0.4 is 5.32 Å². The summed E-state index contributed by atoms with van der Waals surface area (Å²) in [6.07, 6.45) is -1.83. The van der Waals surface area contributed by atoms with Gasteiger partial charge in [0.2, 0.25) is 0 Å². The van der Waals surface area contributed by atoms with Crippen LogP contribution in [0.25, 0.3) is 0 Å². The first kappa shape index (κ1) is 18.9. The third-order valence-electron chi connectivity index (χ3n) is 6.58. The number of nitrogens with zero attached hydrogens (tertiary/aromatic N) is 2. The molecule has 28 heavy (non-hydrogen) atoms. The fourth-order valence-corrected chi connectivity index (χ4v) is 5.31. The predicted molar refractivity (Wildman–Crippen MR) is 104 cm³/mol. The third kappa shape index (κ3) is 3.01. The van der Waals surface area contributed by atoms with Crippen molar-refractivity contribution in [1.29, 1.82) is 0 Å². The second kappa shape index (κ2) is 7.32. The Kier molecular flexibility index (Phi) is 4.95. The lowest BCUT2D eigenvalue weighted by Gasteiger charge is -2.36. The van der Waals surface area contributed by atoms with Crippen molar-refractivity contribution in [2.45, 2.75) is 56.6 Å². The van der Waals surface area contributed by atoms with Crippen LogP contribution in [-0.2, 0) is 15.9 Å². The van der Waals surface area contributed by atoms with Crippen molar-refractivity contribution in [3.8, 4) is 0 Å². The van der Waals surface area contributed by atoms with Crippen molar-refractivity contribution in [1.82, 2.24) is 10.2 Å². The summed E-state index contributed by atoms with van der Waals surface area (Å²) in [6, 6.07) is 5.71. The van der Waals surface area contributed by atoms with Gasteiger partial charge in [0.25, 0.3) is 0 Å². The number of hydrogen-bond donors (Lipinski definition) is 3. The Bertz CT molecular complexity index is 791. The van der Waals surface area contributed by atoms with Gasteiger partial charge in [-0.3, -0.25) is 15.2 Å². The summed E-state index contributed by atoms with van der Waals surface area (Å²) >= 11 is 6.14. The smallest absolute Gasteiger partial charge is 0.141 e. The highest BCUT2D eigenvalue weighted by molar-refractivity contribution is 6.30. The van der Waals surface area contributed by atoms with E-state index in [0.29, 0.717) is 24.2 Å². The first-order valence-electron chi connectivity index (χ1n) is 9.96. The molecule has 0 spiro atoms. The van der Waals surface area contributed by atoms with Crippen LogP contribution in [0, 0.1) is 5.92 Å². The zero-order chi connectivity index (χ0) is 19.4. The summed E-state index contributed by atoms with van der Waals surface area (Å²) in [7, 11) is 0. The van der Waals surface area contributed by atoms with Crippen LogP contribution in [0.1, 0.15) is 30.6 Å². The molecule has 0 saturated carbocycles. The molecule has 3 N–H and O–H groups in total. The number of rotatable bonds is 2.